The van der Waals surface area contributed by atoms with E-state index in [4.69, 9.17) is 31.5 Å². The molecule has 8 fully saturated rings. The molecule has 13 atom stereocenters. The number of rotatable bonds is 13. The normalized spacial score (nSPS) is 38.7. The molecule has 12 nitrogen and oxygen atoms in total. The lowest BCUT2D eigenvalue weighted by molar-refractivity contribution is -0.212. The number of esters is 3. The van der Waals surface area contributed by atoms with Crippen LogP contribution in [0.1, 0.15) is 134 Å². The monoisotopic (exact) mass is 994 g/mol. The van der Waals surface area contributed by atoms with Gasteiger partial charge in [-0.05, 0) is 95.1 Å². The Morgan fingerprint density at radius 1 is 1.03 bits per heavy atom. The van der Waals surface area contributed by atoms with Crippen molar-refractivity contribution < 1.29 is 42.2 Å². The number of fused-ring (bicyclic) bond motifs is 3. The van der Waals surface area contributed by atoms with Crippen molar-refractivity contribution in [2.24, 2.45) is 45.1 Å². The van der Waals surface area contributed by atoms with Gasteiger partial charge in [-0.2, -0.15) is 0 Å². The number of alkyl halides is 1. The van der Waals surface area contributed by atoms with E-state index < -0.39 is 69.4 Å². The van der Waals surface area contributed by atoms with Gasteiger partial charge in [0.15, 0.2) is 0 Å². The minimum Gasteiger partial charge on any atom is -0.462 e. The van der Waals surface area contributed by atoms with Gasteiger partial charge < -0.3 is 34.3 Å². The summed E-state index contributed by atoms with van der Waals surface area (Å²) in [6, 6.07) is 1.33. The number of nitrogens with zero attached hydrogens (tertiary/aromatic N) is 3. The van der Waals surface area contributed by atoms with Gasteiger partial charge in [0.05, 0.1) is 40.0 Å². The number of aromatic nitrogens is 1. The van der Waals surface area contributed by atoms with Gasteiger partial charge in [-0.15, -0.1) is 18.3 Å². The molecule has 0 radical (unpaired) electrons. The summed E-state index contributed by atoms with van der Waals surface area (Å²) in [6.45, 7) is 13.4. The summed E-state index contributed by atoms with van der Waals surface area (Å²) < 4.78 is 50.9. The van der Waals surface area contributed by atoms with Crippen LogP contribution >= 0.6 is 23.4 Å². The Labute approximate surface area is 413 Å². The Morgan fingerprint density at radius 2 is 1.74 bits per heavy atom. The molecular formula is C53H69ClF2N4O8S. The van der Waals surface area contributed by atoms with Gasteiger partial charge >= 0.3 is 17.9 Å². The number of Topliss-reactive ketones (excluding diaryl/α,β-unsaturated/α-hetero) is 1. The first kappa shape index (κ1) is 49.1. The molecule has 1 aromatic carbocycles. The number of nitrogens with two attached hydrogens (primary N) is 1. The smallest absolute Gasteiger partial charge is 0.343 e. The van der Waals surface area contributed by atoms with Crippen LogP contribution in [-0.2, 0) is 28.6 Å². The van der Waals surface area contributed by atoms with Crippen LogP contribution in [0.25, 0.3) is 10.9 Å². The van der Waals surface area contributed by atoms with E-state index in [1.165, 1.54) is 23.6 Å². The van der Waals surface area contributed by atoms with E-state index in [9.17, 15) is 28.4 Å². The van der Waals surface area contributed by atoms with Crippen LogP contribution in [0.2, 0.25) is 5.02 Å². The first-order chi connectivity index (χ1) is 32.7. The fourth-order valence-electron chi connectivity index (χ4n) is 14.7. The summed E-state index contributed by atoms with van der Waals surface area (Å²) in [6.07, 6.45) is 10.0. The number of thioether (sulfide) groups is 1. The van der Waals surface area contributed by atoms with E-state index in [2.05, 4.69) is 39.3 Å². The van der Waals surface area contributed by atoms with Gasteiger partial charge in [0.2, 0.25) is 5.43 Å². The fraction of sp³-hybridized carbons (Fsp3) is 0.717. The minimum atomic E-state index is -1.24. The van der Waals surface area contributed by atoms with E-state index in [0.717, 1.165) is 44.6 Å². The Kier molecular flexibility index (Phi) is 12.7. The van der Waals surface area contributed by atoms with Crippen molar-refractivity contribution in [2.45, 2.75) is 165 Å². The molecule has 4 heterocycles. The van der Waals surface area contributed by atoms with Crippen molar-refractivity contribution >= 4 is 63.6 Å². The molecule has 3 aliphatic heterocycles. The average molecular weight is 996 g/mol. The first-order valence-electron chi connectivity index (χ1n) is 25.5. The molecule has 16 heteroatoms. The van der Waals surface area contributed by atoms with Crippen LogP contribution < -0.4 is 16.1 Å². The maximum Gasteiger partial charge on any atom is 0.343 e. The number of carbonyl (C=O) groups is 4. The van der Waals surface area contributed by atoms with E-state index in [1.54, 1.807) is 16.7 Å². The van der Waals surface area contributed by atoms with E-state index >= 15 is 4.39 Å². The van der Waals surface area contributed by atoms with Crippen molar-refractivity contribution in [1.29, 1.82) is 0 Å². The van der Waals surface area contributed by atoms with E-state index in [0.29, 0.717) is 49.7 Å². The topological polar surface area (TPSA) is 150 Å². The zero-order valence-electron chi connectivity index (χ0n) is 40.7. The van der Waals surface area contributed by atoms with Crippen molar-refractivity contribution in [2.75, 3.05) is 37.4 Å². The van der Waals surface area contributed by atoms with Gasteiger partial charge in [0, 0.05) is 90.0 Å². The molecule has 3 saturated heterocycles. The van der Waals surface area contributed by atoms with Gasteiger partial charge in [0.25, 0.3) is 0 Å². The maximum absolute atomic E-state index is 16.0. The second kappa shape index (κ2) is 17.9. The quantitative estimate of drug-likeness (QED) is 0.0885. The highest BCUT2D eigenvalue weighted by molar-refractivity contribution is 8.00. The summed E-state index contributed by atoms with van der Waals surface area (Å²) in [4.78, 5) is 74.0. The third-order valence-corrected chi connectivity index (χ3v) is 21.0. The van der Waals surface area contributed by atoms with Gasteiger partial charge in [0.1, 0.15) is 35.5 Å². The number of carbonyl (C=O) groups excluding carboxylic acids is 4. The number of hydrogen-bond donors (Lipinski definition) is 1. The summed E-state index contributed by atoms with van der Waals surface area (Å²) in [5.74, 6) is -2.62. The Bertz CT molecular complexity index is 2510. The fourth-order valence-corrected chi connectivity index (χ4v) is 16.2. The molecular weight excluding hydrogens is 926 g/mol. The highest BCUT2D eigenvalue weighted by Crippen LogP contribution is 2.68. The van der Waals surface area contributed by atoms with Crippen LogP contribution in [-0.4, -0.2) is 107 Å². The lowest BCUT2D eigenvalue weighted by Crippen LogP contribution is -2.63. The summed E-state index contributed by atoms with van der Waals surface area (Å²) >= 11 is 8.60. The molecule has 1 aromatic heterocycles. The number of halogens is 3. The van der Waals surface area contributed by atoms with Crippen molar-refractivity contribution in [3.05, 3.63) is 51.5 Å². The molecule has 69 heavy (non-hydrogen) atoms. The second-order valence-electron chi connectivity index (χ2n) is 23.1. The zero-order chi connectivity index (χ0) is 49.1. The molecule has 5 saturated carbocycles. The molecule has 2 N–H and O–H groups in total. The van der Waals surface area contributed by atoms with E-state index in [1.807, 2.05) is 13.0 Å². The van der Waals surface area contributed by atoms with Gasteiger partial charge in [-0.25, -0.2) is 13.6 Å². The standard InChI is InChI=1S/C53H69ClF2N4O8S/c1-7-50(4)23-40(67-42(63)26-69-32-19-30-10-11-31(20-32)58(30)6)51(5)28(2)12-14-53(15-13-38(61)47(51)53)29(3)48(50)68-41(62)9-8-18-66-49(65)34-24-60(37-22-35(37)55)44-33(46(34)64)21-36(56)45(43(44)54)59-25-39(57)52(27-59)16-17-52/h7,21,24,28-32,35,37,39-40,47-48H,1,8-20,22-23,25-27,57H2,2-6H3/t28?,29-,30?,31?,32?,35+,37?,39-,40+,47?,48-,50+,51-,53?/m1/s1. The van der Waals surface area contributed by atoms with Crippen LogP contribution in [0.4, 0.5) is 14.5 Å². The minimum absolute atomic E-state index is 0.0299. The zero-order valence-corrected chi connectivity index (χ0v) is 42.3. The number of ether oxygens (including phenoxy) is 3. The van der Waals surface area contributed by atoms with Crippen LogP contribution in [0.15, 0.2) is 29.7 Å². The number of ketones is 1. The number of piperidine rings is 1. The Balaban J connectivity index is 0.833. The van der Waals surface area contributed by atoms with Crippen LogP contribution in [0, 0.1) is 45.2 Å². The molecule has 10 rings (SSSR count). The molecule has 2 aromatic rings. The number of pyridine rings is 1. The van der Waals surface area contributed by atoms with Crippen LogP contribution in [0.5, 0.6) is 0 Å². The third-order valence-electron chi connectivity index (χ3n) is 19.4. The number of hydrogen-bond acceptors (Lipinski definition) is 12. The van der Waals surface area contributed by atoms with Crippen molar-refractivity contribution in [1.82, 2.24) is 9.47 Å². The number of benzene rings is 1. The number of anilines is 1. The molecule has 376 valence electrons. The molecule has 4 bridgehead atoms. The predicted octanol–water partition coefficient (Wildman–Crippen LogP) is 8.76. The van der Waals surface area contributed by atoms with Crippen molar-refractivity contribution in [3.8, 4) is 0 Å². The molecule has 6 unspecified atom stereocenters. The average Bonchev–Trinajstić information content (AvgIpc) is 4.18. The molecule has 1 spiro atoms. The second-order valence-corrected chi connectivity index (χ2v) is 24.8. The molecule has 0 amide bonds. The highest BCUT2D eigenvalue weighted by atomic mass is 35.5. The summed E-state index contributed by atoms with van der Waals surface area (Å²) in [7, 11) is 2.21. The van der Waals surface area contributed by atoms with Crippen molar-refractivity contribution in [3.63, 3.8) is 0 Å². The largest absolute Gasteiger partial charge is 0.462 e. The SMILES string of the molecule is C=C[C@@]1(C)C[C@H](OC(=O)CSC2CC3CCC(C2)N3C)[C@@]2(C)C(C)CCC3(CCC(=O)C32)[C@H](C)[C@H]1OC(=O)CCCOC(=O)c1cn(C2C[C@@H]2F)c2c(Cl)c(N3C[C@@H](N)C4(CC4)C3)c(F)cc2c1=O. The van der Waals surface area contributed by atoms with E-state index in [-0.39, 0.29) is 94.2 Å². The highest BCUT2D eigenvalue weighted by Gasteiger charge is 2.69. The third kappa shape index (κ3) is 8.17. The van der Waals surface area contributed by atoms with Gasteiger partial charge in [-0.3, -0.25) is 19.2 Å². The summed E-state index contributed by atoms with van der Waals surface area (Å²) in [5, 5.41) is 0.207. The Morgan fingerprint density at radius 3 is 2.39 bits per heavy atom. The molecule has 5 aliphatic carbocycles. The molecule has 8 aliphatic rings. The Hall–Kier alpha value is -3.53. The first-order valence-corrected chi connectivity index (χ1v) is 26.9. The van der Waals surface area contributed by atoms with Gasteiger partial charge in [-0.1, -0.05) is 45.4 Å². The maximum atomic E-state index is 16.0. The predicted molar refractivity (Wildman–Crippen MR) is 262 cm³/mol. The summed E-state index contributed by atoms with van der Waals surface area (Å²) in [5.41, 5.74) is 3.45. The lowest BCUT2D eigenvalue weighted by atomic mass is 9.44. The lowest BCUT2D eigenvalue weighted by Gasteiger charge is -2.62. The van der Waals surface area contributed by atoms with Crippen LogP contribution in [0.3, 0.4) is 0 Å².